The Morgan fingerprint density at radius 3 is 2.57 bits per heavy atom. The molecule has 0 spiro atoms. The maximum absolute atomic E-state index is 14.9. The van der Waals surface area contributed by atoms with Crippen molar-refractivity contribution in [2.24, 2.45) is 5.73 Å². The number of alkyl halides is 3. The van der Waals surface area contributed by atoms with Crippen LogP contribution in [-0.4, -0.2) is 66.3 Å². The second-order valence-electron chi connectivity index (χ2n) is 10.4. The molecule has 3 aromatic heterocycles. The first-order valence-corrected chi connectivity index (χ1v) is 14.6. The highest BCUT2D eigenvalue weighted by atomic mass is 127. The molecule has 0 aliphatic carbocycles. The smallest absolute Gasteiger partial charge is 0.280 e. The second kappa shape index (κ2) is 12.2. The van der Waals surface area contributed by atoms with Gasteiger partial charge in [-0.25, -0.2) is 26.9 Å². The van der Waals surface area contributed by atoms with E-state index in [0.29, 0.717) is 28.1 Å². The van der Waals surface area contributed by atoms with Crippen molar-refractivity contribution in [2.45, 2.75) is 31.6 Å². The Hall–Kier alpha value is -4.81. The van der Waals surface area contributed by atoms with Crippen LogP contribution in [0.5, 0.6) is 0 Å². The molecule has 0 saturated carbocycles. The summed E-state index contributed by atoms with van der Waals surface area (Å²) in [5.74, 6) is -5.37. The summed E-state index contributed by atoms with van der Waals surface area (Å²) in [6.45, 7) is -1.01. The number of amides is 3. The minimum atomic E-state index is -3.12. The molecule has 6 rings (SSSR count). The Balaban J connectivity index is 1.31. The zero-order chi connectivity index (χ0) is 32.9. The van der Waals surface area contributed by atoms with E-state index in [9.17, 15) is 36.3 Å². The highest BCUT2D eigenvalue weighted by Gasteiger charge is 2.40. The average Bonchev–Trinajstić information content (AvgIpc) is 3.60. The van der Waals surface area contributed by atoms with E-state index in [1.165, 1.54) is 17.1 Å². The lowest BCUT2D eigenvalue weighted by molar-refractivity contribution is -0.137. The van der Waals surface area contributed by atoms with Gasteiger partial charge < -0.3 is 16.0 Å². The number of pyridine rings is 1. The quantitative estimate of drug-likeness (QED) is 0.141. The van der Waals surface area contributed by atoms with Crippen molar-refractivity contribution in [3.63, 3.8) is 0 Å². The molecule has 3 N–H and O–H groups in total. The molecule has 2 unspecified atom stereocenters. The first kappa shape index (κ1) is 31.2. The molecule has 4 heterocycles. The molecule has 1 fully saturated rings. The first-order valence-electron chi connectivity index (χ1n) is 13.5. The van der Waals surface area contributed by atoms with Crippen LogP contribution in [0.4, 0.5) is 27.6 Å². The predicted molar refractivity (Wildman–Crippen MR) is 162 cm³/mol. The molecular weight excluding hydrogens is 730 g/mol. The van der Waals surface area contributed by atoms with Crippen molar-refractivity contribution < 1.29 is 36.3 Å². The van der Waals surface area contributed by atoms with Crippen LogP contribution in [0, 0.1) is 15.2 Å². The summed E-state index contributed by atoms with van der Waals surface area (Å²) >= 11 is 1.60. The van der Waals surface area contributed by atoms with Gasteiger partial charge in [-0.1, -0.05) is 6.07 Å². The van der Waals surface area contributed by atoms with Gasteiger partial charge in [0.25, 0.3) is 12.3 Å². The molecule has 0 radical (unpaired) electrons. The molecular formula is C29H20F5IN8O3. The van der Waals surface area contributed by atoms with Gasteiger partial charge in [0.15, 0.2) is 17.3 Å². The minimum absolute atomic E-state index is 0.0114. The monoisotopic (exact) mass is 750 g/mol. The number of fused-ring (bicyclic) bond motifs is 2. The number of benzene rings is 2. The molecule has 3 amide bonds. The van der Waals surface area contributed by atoms with Crippen LogP contribution < -0.4 is 11.1 Å². The molecule has 236 valence electrons. The van der Waals surface area contributed by atoms with Crippen molar-refractivity contribution in [3.8, 4) is 11.1 Å². The number of nitrogens with zero attached hydrogens (tertiary/aromatic N) is 6. The third-order valence-corrected chi connectivity index (χ3v) is 8.31. The third kappa shape index (κ3) is 5.69. The van der Waals surface area contributed by atoms with E-state index < -0.39 is 84.3 Å². The Morgan fingerprint density at radius 1 is 1.09 bits per heavy atom. The number of primary amides is 1. The summed E-state index contributed by atoms with van der Waals surface area (Å²) < 4.78 is 72.3. The Labute approximate surface area is 269 Å². The van der Waals surface area contributed by atoms with Crippen molar-refractivity contribution in [2.75, 3.05) is 11.9 Å². The summed E-state index contributed by atoms with van der Waals surface area (Å²) in [5.41, 5.74) is 5.48. The molecule has 1 aliphatic heterocycles. The maximum Gasteiger partial charge on any atom is 0.280 e. The number of nitrogens with one attached hydrogen (secondary N) is 1. The minimum Gasteiger partial charge on any atom is -0.364 e. The van der Waals surface area contributed by atoms with E-state index in [1.54, 1.807) is 46.9 Å². The lowest BCUT2D eigenvalue weighted by Gasteiger charge is -2.24. The van der Waals surface area contributed by atoms with E-state index >= 15 is 0 Å². The maximum atomic E-state index is 14.9. The molecule has 2 aromatic carbocycles. The Bertz CT molecular complexity index is 2040. The van der Waals surface area contributed by atoms with Crippen LogP contribution in [0.1, 0.15) is 29.0 Å². The van der Waals surface area contributed by atoms with Gasteiger partial charge in [0.2, 0.25) is 11.8 Å². The van der Waals surface area contributed by atoms with E-state index in [4.69, 9.17) is 5.73 Å². The van der Waals surface area contributed by atoms with Crippen molar-refractivity contribution in [3.05, 3.63) is 75.4 Å². The number of hydrogen-bond acceptors (Lipinski definition) is 7. The SMILES string of the molecule is NC(=O)c1nn(CC(=O)N2CC(F)CC2C(=O)Nc2cc(C(F)F)nc3c(I)cc(F)c(F)c23)c2ccc(-c3ccnnc3)cc12. The summed E-state index contributed by atoms with van der Waals surface area (Å²) in [6.07, 6.45) is -2.20. The fourth-order valence-electron chi connectivity index (χ4n) is 5.40. The number of hydrogen-bond donors (Lipinski definition) is 2. The van der Waals surface area contributed by atoms with E-state index in [2.05, 4.69) is 25.6 Å². The normalized spacial score (nSPS) is 16.5. The molecule has 5 aromatic rings. The van der Waals surface area contributed by atoms with Gasteiger partial charge in [0, 0.05) is 20.9 Å². The fourth-order valence-corrected chi connectivity index (χ4v) is 6.06. The molecule has 2 atom stereocenters. The number of carbonyl (C=O) groups excluding carboxylic acids is 3. The van der Waals surface area contributed by atoms with Gasteiger partial charge in [0.05, 0.1) is 41.0 Å². The van der Waals surface area contributed by atoms with E-state index in [1.807, 2.05) is 0 Å². The van der Waals surface area contributed by atoms with Gasteiger partial charge in [-0.15, -0.1) is 0 Å². The number of carbonyl (C=O) groups is 3. The van der Waals surface area contributed by atoms with Crippen LogP contribution in [0.25, 0.3) is 32.9 Å². The van der Waals surface area contributed by atoms with Crippen molar-refractivity contribution in [1.82, 2.24) is 29.9 Å². The summed E-state index contributed by atoms with van der Waals surface area (Å²) in [7, 11) is 0. The van der Waals surface area contributed by atoms with E-state index in [0.717, 1.165) is 11.0 Å². The first-order chi connectivity index (χ1) is 21.9. The predicted octanol–water partition coefficient (Wildman–Crippen LogP) is 4.54. The zero-order valence-electron chi connectivity index (χ0n) is 23.2. The second-order valence-corrected chi connectivity index (χ2v) is 11.6. The van der Waals surface area contributed by atoms with Gasteiger partial charge >= 0.3 is 0 Å². The van der Waals surface area contributed by atoms with Gasteiger partial charge in [-0.2, -0.15) is 15.3 Å². The number of aromatic nitrogens is 5. The number of rotatable bonds is 7. The van der Waals surface area contributed by atoms with Crippen molar-refractivity contribution >= 4 is 67.8 Å². The number of halogens is 6. The molecule has 1 aliphatic rings. The zero-order valence-corrected chi connectivity index (χ0v) is 25.4. The number of likely N-dealkylation sites (tertiary alicyclic amines) is 1. The third-order valence-electron chi connectivity index (χ3n) is 7.49. The summed E-state index contributed by atoms with van der Waals surface area (Å²) in [5, 5.41) is 13.8. The summed E-state index contributed by atoms with van der Waals surface area (Å²) in [4.78, 5) is 43.8. The standard InChI is InChI=1S/C29H20F5IN8O3/c30-14-6-21(29(46)40-18-8-19(27(33)34)39-26-17(35)7-16(31)24(32)23(18)26)42(10-14)22(44)11-43-20-2-1-12(13-3-4-37-38-9-13)5-15(20)25(41-43)28(36)45/h1-5,7-9,14,21,27H,6,10-11H2,(H2,36,45)(H,39,40,46). The van der Waals surface area contributed by atoms with Gasteiger partial charge in [-0.3, -0.25) is 19.1 Å². The lowest BCUT2D eigenvalue weighted by Crippen LogP contribution is -2.44. The van der Waals surface area contributed by atoms with Crippen LogP contribution in [0.2, 0.25) is 0 Å². The molecule has 0 bridgehead atoms. The molecule has 17 heteroatoms. The Morgan fingerprint density at radius 2 is 1.87 bits per heavy atom. The van der Waals surface area contributed by atoms with Crippen LogP contribution in [-0.2, 0) is 16.1 Å². The molecule has 46 heavy (non-hydrogen) atoms. The van der Waals surface area contributed by atoms with Crippen LogP contribution >= 0.6 is 22.6 Å². The Kier molecular flexibility index (Phi) is 8.26. The van der Waals surface area contributed by atoms with E-state index in [-0.39, 0.29) is 14.8 Å². The molecule has 11 nitrogen and oxygen atoms in total. The van der Waals surface area contributed by atoms with Crippen molar-refractivity contribution in [1.29, 1.82) is 0 Å². The number of anilines is 1. The highest BCUT2D eigenvalue weighted by Crippen LogP contribution is 2.34. The van der Waals surface area contributed by atoms with Crippen LogP contribution in [0.15, 0.2) is 48.8 Å². The highest BCUT2D eigenvalue weighted by molar-refractivity contribution is 14.1. The average molecular weight is 750 g/mol. The number of nitrogens with two attached hydrogens (primary N) is 1. The fraction of sp³-hybridized carbons (Fsp3) is 0.207. The topological polar surface area (TPSA) is 149 Å². The molecule has 1 saturated heterocycles. The lowest BCUT2D eigenvalue weighted by atomic mass is 10.0. The largest absolute Gasteiger partial charge is 0.364 e. The van der Waals surface area contributed by atoms with Gasteiger partial charge in [0.1, 0.15) is 24.5 Å². The summed E-state index contributed by atoms with van der Waals surface area (Å²) in [6, 6.07) is 6.68. The van der Waals surface area contributed by atoms with Gasteiger partial charge in [-0.05, 0) is 58.5 Å². The van der Waals surface area contributed by atoms with Crippen LogP contribution in [0.3, 0.4) is 0 Å².